The zero-order valence-corrected chi connectivity index (χ0v) is 22.2. The van der Waals surface area contributed by atoms with Gasteiger partial charge in [0.05, 0.1) is 19.9 Å². The Morgan fingerprint density at radius 3 is 2.24 bits per heavy atom. The number of methoxy groups -OCH3 is 2. The van der Waals surface area contributed by atoms with Crippen LogP contribution in [-0.4, -0.2) is 54.9 Å². The maximum atomic E-state index is 13.8. The molecule has 0 bridgehead atoms. The monoisotopic (exact) mass is 529 g/mol. The van der Waals surface area contributed by atoms with E-state index in [1.54, 1.807) is 18.2 Å². The quantitative estimate of drug-likeness (QED) is 0.452. The first-order chi connectivity index (χ1) is 17.9. The number of nitrogens with one attached hydrogen (secondary N) is 2. The van der Waals surface area contributed by atoms with E-state index in [4.69, 9.17) is 15.2 Å². The number of carbonyl (C=O) groups is 3. The summed E-state index contributed by atoms with van der Waals surface area (Å²) in [5, 5.41) is 6.02. The first kappa shape index (κ1) is 26.7. The Morgan fingerprint density at radius 1 is 0.973 bits per heavy atom. The highest BCUT2D eigenvalue weighted by molar-refractivity contribution is 7.09. The molecule has 2 fully saturated rings. The summed E-state index contributed by atoms with van der Waals surface area (Å²) < 4.78 is 14.9. The van der Waals surface area contributed by atoms with Crippen molar-refractivity contribution in [2.45, 2.75) is 69.9 Å². The van der Waals surface area contributed by atoms with Gasteiger partial charge in [-0.15, -0.1) is 0 Å². The number of carbonyl (C=O) groups excluding carboxylic acids is 3. The van der Waals surface area contributed by atoms with Gasteiger partial charge >= 0.3 is 0 Å². The van der Waals surface area contributed by atoms with Gasteiger partial charge in [0.25, 0.3) is 11.8 Å². The molecule has 200 valence electrons. The van der Waals surface area contributed by atoms with Crippen LogP contribution in [0.5, 0.6) is 11.5 Å². The van der Waals surface area contributed by atoms with Crippen LogP contribution in [0, 0.1) is 0 Å². The Balaban J connectivity index is 1.58. The number of nitrogen functional groups attached to an aromatic ring is 1. The second-order valence-corrected chi connectivity index (χ2v) is 10.3. The molecule has 0 atom stereocenters. The highest BCUT2D eigenvalue weighted by Crippen LogP contribution is 2.33. The molecule has 2 aliphatic carbocycles. The third-order valence-corrected chi connectivity index (χ3v) is 7.87. The average molecular weight is 530 g/mol. The summed E-state index contributed by atoms with van der Waals surface area (Å²) >= 11 is 0.861. The van der Waals surface area contributed by atoms with Gasteiger partial charge in [-0.05, 0) is 49.3 Å². The summed E-state index contributed by atoms with van der Waals surface area (Å²) in [6, 6.07) is 5.17. The number of hydrogen-bond acceptors (Lipinski definition) is 8. The van der Waals surface area contributed by atoms with E-state index in [0.717, 1.165) is 62.9 Å². The fourth-order valence-electron chi connectivity index (χ4n) is 5.00. The van der Waals surface area contributed by atoms with Gasteiger partial charge in [0.1, 0.15) is 11.4 Å². The van der Waals surface area contributed by atoms with Crippen molar-refractivity contribution in [2.75, 3.05) is 31.4 Å². The molecule has 0 unspecified atom stereocenters. The molecule has 0 saturated heterocycles. The molecule has 11 heteroatoms. The summed E-state index contributed by atoms with van der Waals surface area (Å²) in [5.74, 6) is -0.253. The lowest BCUT2D eigenvalue weighted by Crippen LogP contribution is -2.43. The van der Waals surface area contributed by atoms with Crippen LogP contribution in [0.4, 0.5) is 11.4 Å². The zero-order chi connectivity index (χ0) is 26.4. The van der Waals surface area contributed by atoms with Gasteiger partial charge in [-0.3, -0.25) is 19.3 Å². The number of rotatable bonds is 9. The lowest BCUT2D eigenvalue weighted by Gasteiger charge is -2.24. The van der Waals surface area contributed by atoms with Crippen molar-refractivity contribution in [3.8, 4) is 11.5 Å². The Labute approximate surface area is 221 Å². The van der Waals surface area contributed by atoms with Gasteiger partial charge in [-0.25, -0.2) is 0 Å². The van der Waals surface area contributed by atoms with E-state index in [2.05, 4.69) is 15.0 Å². The molecule has 0 radical (unpaired) electrons. The standard InChI is InChI=1S/C26H35N5O5S/c1-35-19-13-12-18(14-20(19)36-2)31(15-21(32)28-16-10-6-7-11-16)26(34)24-22(27)23(30-37-24)25(33)29-17-8-4-3-5-9-17/h12-14,16-17H,3-11,15,27H2,1-2H3,(H,28,32)(H,29,33). The van der Waals surface area contributed by atoms with Crippen molar-refractivity contribution < 1.29 is 23.9 Å². The number of hydrogen-bond donors (Lipinski definition) is 3. The van der Waals surface area contributed by atoms with Gasteiger partial charge in [0, 0.05) is 23.8 Å². The predicted molar refractivity (Wildman–Crippen MR) is 142 cm³/mol. The maximum Gasteiger partial charge on any atom is 0.273 e. The topological polar surface area (TPSA) is 136 Å². The third kappa shape index (κ3) is 6.33. The van der Waals surface area contributed by atoms with Crippen LogP contribution in [0.1, 0.15) is 77.9 Å². The van der Waals surface area contributed by atoms with Gasteiger partial charge in [0.15, 0.2) is 17.2 Å². The Bertz CT molecular complexity index is 1120. The highest BCUT2D eigenvalue weighted by atomic mass is 32.1. The molecule has 0 spiro atoms. The fraction of sp³-hybridized carbons (Fsp3) is 0.538. The molecule has 1 heterocycles. The molecular weight excluding hydrogens is 494 g/mol. The molecular formula is C26H35N5O5S. The minimum Gasteiger partial charge on any atom is -0.493 e. The van der Waals surface area contributed by atoms with Crippen molar-refractivity contribution in [1.29, 1.82) is 0 Å². The Morgan fingerprint density at radius 2 is 1.59 bits per heavy atom. The highest BCUT2D eigenvalue weighted by Gasteiger charge is 2.30. The van der Waals surface area contributed by atoms with E-state index in [1.807, 2.05) is 0 Å². The van der Waals surface area contributed by atoms with Crippen molar-refractivity contribution in [2.24, 2.45) is 0 Å². The molecule has 3 amide bonds. The van der Waals surface area contributed by atoms with E-state index in [1.165, 1.54) is 25.5 Å². The number of ether oxygens (including phenoxy) is 2. The van der Waals surface area contributed by atoms with Crippen molar-refractivity contribution in [1.82, 2.24) is 15.0 Å². The van der Waals surface area contributed by atoms with Crippen molar-refractivity contribution in [3.63, 3.8) is 0 Å². The molecule has 2 aromatic rings. The normalized spacial score (nSPS) is 16.3. The Hall–Kier alpha value is -3.34. The summed E-state index contributed by atoms with van der Waals surface area (Å²) in [4.78, 5) is 41.0. The molecule has 37 heavy (non-hydrogen) atoms. The van der Waals surface area contributed by atoms with Gasteiger partial charge in [0.2, 0.25) is 5.91 Å². The van der Waals surface area contributed by atoms with Crippen LogP contribution in [0.15, 0.2) is 18.2 Å². The maximum absolute atomic E-state index is 13.8. The number of nitrogens with two attached hydrogens (primary N) is 1. The summed E-state index contributed by atoms with van der Waals surface area (Å²) in [7, 11) is 3.02. The number of anilines is 2. The van der Waals surface area contributed by atoms with Crippen LogP contribution in [0.3, 0.4) is 0 Å². The van der Waals surface area contributed by atoms with E-state index in [0.29, 0.717) is 17.2 Å². The van der Waals surface area contributed by atoms with Crippen LogP contribution in [0.2, 0.25) is 0 Å². The Kier molecular flexibility index (Phi) is 8.86. The molecule has 2 saturated carbocycles. The van der Waals surface area contributed by atoms with E-state index >= 15 is 0 Å². The number of amides is 3. The second kappa shape index (κ2) is 12.3. The number of aromatic nitrogens is 1. The lowest BCUT2D eigenvalue weighted by molar-refractivity contribution is -0.120. The molecule has 4 rings (SSSR count). The van der Waals surface area contributed by atoms with Crippen molar-refractivity contribution in [3.05, 3.63) is 28.8 Å². The fourth-order valence-corrected chi connectivity index (χ4v) is 5.75. The van der Waals surface area contributed by atoms with E-state index in [-0.39, 0.29) is 46.7 Å². The summed E-state index contributed by atoms with van der Waals surface area (Å²) in [6.45, 7) is -0.217. The lowest BCUT2D eigenvalue weighted by atomic mass is 9.95. The summed E-state index contributed by atoms with van der Waals surface area (Å²) in [5.41, 5.74) is 6.78. The zero-order valence-electron chi connectivity index (χ0n) is 21.4. The first-order valence-corrected chi connectivity index (χ1v) is 13.6. The molecule has 4 N–H and O–H groups in total. The number of nitrogens with zero attached hydrogens (tertiary/aromatic N) is 2. The SMILES string of the molecule is COc1ccc(N(CC(=O)NC2CCCC2)C(=O)c2snc(C(=O)NC3CCCCC3)c2N)cc1OC. The van der Waals surface area contributed by atoms with Crippen molar-refractivity contribution >= 4 is 40.6 Å². The van der Waals surface area contributed by atoms with Gasteiger partial charge in [-0.2, -0.15) is 4.37 Å². The van der Waals surface area contributed by atoms with Crippen LogP contribution in [0.25, 0.3) is 0 Å². The first-order valence-electron chi connectivity index (χ1n) is 12.8. The van der Waals surface area contributed by atoms with E-state index < -0.39 is 5.91 Å². The molecule has 1 aromatic heterocycles. The van der Waals surface area contributed by atoms with Crippen LogP contribution < -0.4 is 30.7 Å². The molecule has 10 nitrogen and oxygen atoms in total. The second-order valence-electron chi connectivity index (χ2n) is 9.56. The van der Waals surface area contributed by atoms with Gasteiger partial charge < -0.3 is 25.8 Å². The van der Waals surface area contributed by atoms with Gasteiger partial charge in [-0.1, -0.05) is 32.1 Å². The molecule has 1 aromatic carbocycles. The molecule has 2 aliphatic rings. The summed E-state index contributed by atoms with van der Waals surface area (Å²) in [6.07, 6.45) is 9.17. The third-order valence-electron chi connectivity index (χ3n) is 7.02. The van der Waals surface area contributed by atoms with E-state index in [9.17, 15) is 14.4 Å². The number of benzene rings is 1. The van der Waals surface area contributed by atoms with Crippen LogP contribution in [-0.2, 0) is 4.79 Å². The molecule has 0 aliphatic heterocycles. The average Bonchev–Trinajstić information content (AvgIpc) is 3.56. The smallest absolute Gasteiger partial charge is 0.273 e. The van der Waals surface area contributed by atoms with Crippen LogP contribution >= 0.6 is 11.5 Å². The largest absolute Gasteiger partial charge is 0.493 e. The minimum atomic E-state index is -0.513. The minimum absolute atomic E-state index is 0.0185. The predicted octanol–water partition coefficient (Wildman–Crippen LogP) is 3.51.